The summed E-state index contributed by atoms with van der Waals surface area (Å²) in [5, 5.41) is 7.08. The smallest absolute Gasteiger partial charge is 0.0195 e. The van der Waals surface area contributed by atoms with Crippen molar-refractivity contribution in [1.29, 1.82) is 0 Å². The van der Waals surface area contributed by atoms with E-state index in [0.29, 0.717) is 12.1 Å². The predicted octanol–water partition coefficient (Wildman–Crippen LogP) is 1.51. The van der Waals surface area contributed by atoms with Gasteiger partial charge in [0.05, 0.1) is 0 Å². The summed E-state index contributed by atoms with van der Waals surface area (Å²) in [5.74, 6) is 0. The van der Waals surface area contributed by atoms with Gasteiger partial charge in [0.2, 0.25) is 0 Å². The molecule has 0 saturated carbocycles. The Morgan fingerprint density at radius 1 is 1.42 bits per heavy atom. The molecule has 2 N–H and O–H groups in total. The molecule has 1 aliphatic rings. The van der Waals surface area contributed by atoms with Crippen LogP contribution in [0.3, 0.4) is 0 Å². The maximum absolute atomic E-state index is 3.61. The fourth-order valence-electron chi connectivity index (χ4n) is 1.78. The number of rotatable bonds is 3. The molecule has 2 heteroatoms. The van der Waals surface area contributed by atoms with E-state index in [4.69, 9.17) is 0 Å². The first kappa shape index (κ1) is 10.0. The Bertz CT molecular complexity index is 123. The number of nitrogens with one attached hydrogen (secondary N) is 2. The van der Waals surface area contributed by atoms with Gasteiger partial charge in [-0.2, -0.15) is 0 Å². The quantitative estimate of drug-likeness (QED) is 0.671. The number of hydrogen-bond donors (Lipinski definition) is 2. The van der Waals surface area contributed by atoms with Crippen molar-refractivity contribution in [2.24, 2.45) is 0 Å². The Hall–Kier alpha value is -0.0800. The molecule has 0 amide bonds. The van der Waals surface area contributed by atoms with E-state index < -0.39 is 0 Å². The van der Waals surface area contributed by atoms with Crippen molar-refractivity contribution >= 4 is 0 Å². The molecule has 0 aromatic carbocycles. The van der Waals surface area contributed by atoms with Crippen molar-refractivity contribution < 1.29 is 0 Å². The van der Waals surface area contributed by atoms with E-state index in [-0.39, 0.29) is 0 Å². The van der Waals surface area contributed by atoms with E-state index in [1.165, 1.54) is 19.3 Å². The largest absolute Gasteiger partial charge is 0.313 e. The molecule has 0 aromatic rings. The molecular formula is C10H22N2. The lowest BCUT2D eigenvalue weighted by atomic mass is 9.99. The summed E-state index contributed by atoms with van der Waals surface area (Å²) in [7, 11) is 0. The fraction of sp³-hybridized carbons (Fsp3) is 1.00. The Morgan fingerprint density at radius 2 is 2.17 bits per heavy atom. The molecule has 1 aliphatic heterocycles. The predicted molar refractivity (Wildman–Crippen MR) is 53.4 cm³/mol. The summed E-state index contributed by atoms with van der Waals surface area (Å²) < 4.78 is 0. The Morgan fingerprint density at radius 3 is 2.75 bits per heavy atom. The highest BCUT2D eigenvalue weighted by Gasteiger charge is 2.16. The summed E-state index contributed by atoms with van der Waals surface area (Å²) >= 11 is 0. The second kappa shape index (κ2) is 4.83. The van der Waals surface area contributed by atoms with E-state index >= 15 is 0 Å². The summed E-state index contributed by atoms with van der Waals surface area (Å²) in [6.07, 6.45) is 4.07. The topological polar surface area (TPSA) is 24.1 Å². The molecule has 0 spiro atoms. The zero-order valence-corrected chi connectivity index (χ0v) is 8.56. The Labute approximate surface area is 76.1 Å². The lowest BCUT2D eigenvalue weighted by Crippen LogP contribution is -2.47. The van der Waals surface area contributed by atoms with Crippen molar-refractivity contribution in [2.45, 2.75) is 58.2 Å². The van der Waals surface area contributed by atoms with Crippen LogP contribution in [0.4, 0.5) is 0 Å². The molecular weight excluding hydrogens is 148 g/mol. The normalized spacial score (nSPS) is 31.0. The molecule has 0 aromatic heterocycles. The van der Waals surface area contributed by atoms with Gasteiger partial charge >= 0.3 is 0 Å². The van der Waals surface area contributed by atoms with Gasteiger partial charge in [0, 0.05) is 24.7 Å². The van der Waals surface area contributed by atoms with E-state index in [1.54, 1.807) is 0 Å². The summed E-state index contributed by atoms with van der Waals surface area (Å²) in [4.78, 5) is 0. The van der Waals surface area contributed by atoms with Gasteiger partial charge in [-0.15, -0.1) is 0 Å². The van der Waals surface area contributed by atoms with Crippen LogP contribution in [-0.4, -0.2) is 24.7 Å². The fourth-order valence-corrected chi connectivity index (χ4v) is 1.78. The molecule has 0 aliphatic carbocycles. The van der Waals surface area contributed by atoms with E-state index in [1.807, 2.05) is 0 Å². The molecule has 12 heavy (non-hydrogen) atoms. The van der Waals surface area contributed by atoms with Gasteiger partial charge in [-0.25, -0.2) is 0 Å². The molecule has 0 unspecified atom stereocenters. The molecule has 72 valence electrons. The van der Waals surface area contributed by atoms with Crippen molar-refractivity contribution in [3.63, 3.8) is 0 Å². The molecule has 0 bridgehead atoms. The average molecular weight is 170 g/mol. The second-order valence-corrected chi connectivity index (χ2v) is 4.26. The maximum Gasteiger partial charge on any atom is 0.0195 e. The van der Waals surface area contributed by atoms with Gasteiger partial charge in [-0.05, 0) is 19.8 Å². The standard InChI is InChI=1S/C10H22N2/c1-8(2)11-7-10-6-4-5-9(3)12-10/h8-12H,4-7H2,1-3H3/t9-,10+/m0/s1. The summed E-state index contributed by atoms with van der Waals surface area (Å²) in [5.41, 5.74) is 0. The third-order valence-electron chi connectivity index (χ3n) is 2.48. The molecule has 0 radical (unpaired) electrons. The van der Waals surface area contributed by atoms with Crippen molar-refractivity contribution in [1.82, 2.24) is 10.6 Å². The molecule has 1 rings (SSSR count). The number of piperidine rings is 1. The third-order valence-corrected chi connectivity index (χ3v) is 2.48. The SMILES string of the molecule is CC(C)NC[C@H]1CCC[C@H](C)N1. The van der Waals surface area contributed by atoms with Gasteiger partial charge in [0.1, 0.15) is 0 Å². The number of hydrogen-bond acceptors (Lipinski definition) is 2. The van der Waals surface area contributed by atoms with Crippen LogP contribution in [0, 0.1) is 0 Å². The Balaban J connectivity index is 2.14. The molecule has 1 heterocycles. The Kier molecular flexibility index (Phi) is 4.02. The van der Waals surface area contributed by atoms with Crippen molar-refractivity contribution in [2.75, 3.05) is 6.54 Å². The first-order valence-electron chi connectivity index (χ1n) is 5.18. The minimum absolute atomic E-state index is 0.615. The zero-order chi connectivity index (χ0) is 8.97. The van der Waals surface area contributed by atoms with Gasteiger partial charge in [-0.3, -0.25) is 0 Å². The first-order chi connectivity index (χ1) is 5.68. The highest BCUT2D eigenvalue weighted by atomic mass is 15.0. The van der Waals surface area contributed by atoms with Crippen LogP contribution in [0.5, 0.6) is 0 Å². The summed E-state index contributed by atoms with van der Waals surface area (Å²) in [6.45, 7) is 7.81. The van der Waals surface area contributed by atoms with Crippen molar-refractivity contribution in [3.8, 4) is 0 Å². The molecule has 1 fully saturated rings. The van der Waals surface area contributed by atoms with Crippen LogP contribution in [0.2, 0.25) is 0 Å². The van der Waals surface area contributed by atoms with Gasteiger partial charge in [0.25, 0.3) is 0 Å². The van der Waals surface area contributed by atoms with Crippen LogP contribution < -0.4 is 10.6 Å². The van der Waals surface area contributed by atoms with Crippen LogP contribution in [0.1, 0.15) is 40.0 Å². The minimum Gasteiger partial charge on any atom is -0.313 e. The summed E-state index contributed by atoms with van der Waals surface area (Å²) in [6, 6.07) is 2.04. The van der Waals surface area contributed by atoms with Crippen LogP contribution >= 0.6 is 0 Å². The average Bonchev–Trinajstić information content (AvgIpc) is 2.01. The maximum atomic E-state index is 3.61. The van der Waals surface area contributed by atoms with Gasteiger partial charge < -0.3 is 10.6 Å². The monoisotopic (exact) mass is 170 g/mol. The van der Waals surface area contributed by atoms with Gasteiger partial charge in [-0.1, -0.05) is 20.3 Å². The lowest BCUT2D eigenvalue weighted by molar-refractivity contribution is 0.319. The molecule has 1 saturated heterocycles. The van der Waals surface area contributed by atoms with E-state index in [9.17, 15) is 0 Å². The zero-order valence-electron chi connectivity index (χ0n) is 8.56. The van der Waals surface area contributed by atoms with Gasteiger partial charge in [0.15, 0.2) is 0 Å². The van der Waals surface area contributed by atoms with Crippen LogP contribution in [0.25, 0.3) is 0 Å². The van der Waals surface area contributed by atoms with E-state index in [0.717, 1.165) is 12.6 Å². The second-order valence-electron chi connectivity index (χ2n) is 4.26. The third kappa shape index (κ3) is 3.55. The molecule has 2 atom stereocenters. The minimum atomic E-state index is 0.615. The van der Waals surface area contributed by atoms with E-state index in [2.05, 4.69) is 31.4 Å². The first-order valence-corrected chi connectivity index (χ1v) is 5.18. The van der Waals surface area contributed by atoms with Crippen molar-refractivity contribution in [3.05, 3.63) is 0 Å². The lowest BCUT2D eigenvalue weighted by Gasteiger charge is -2.29. The van der Waals surface area contributed by atoms with Crippen LogP contribution in [-0.2, 0) is 0 Å². The van der Waals surface area contributed by atoms with Crippen LogP contribution in [0.15, 0.2) is 0 Å². The highest BCUT2D eigenvalue weighted by Crippen LogP contribution is 2.11. The highest BCUT2D eigenvalue weighted by molar-refractivity contribution is 4.79. The molecule has 2 nitrogen and oxygen atoms in total.